The fraction of sp³-hybridized carbons (Fsp3) is 0.143. The zero-order valence-electron chi connectivity index (χ0n) is 21.5. The molecule has 0 unspecified atom stereocenters. The molecule has 0 saturated carbocycles. The van der Waals surface area contributed by atoms with Gasteiger partial charge in [-0.3, -0.25) is 0 Å². The first-order valence-corrected chi connectivity index (χ1v) is 13.0. The highest BCUT2D eigenvalue weighted by atomic mass is 32.2. The minimum atomic E-state index is -4.04. The number of halogens is 8. The van der Waals surface area contributed by atoms with Crippen LogP contribution >= 0.6 is 0 Å². The van der Waals surface area contributed by atoms with Gasteiger partial charge in [-0.2, -0.15) is 17.6 Å². The zero-order valence-corrected chi connectivity index (χ0v) is 22.3. The van der Waals surface area contributed by atoms with Crippen LogP contribution in [0, 0.1) is 67.3 Å². The maximum absolute atomic E-state index is 14.9. The molecule has 4 aromatic rings. The van der Waals surface area contributed by atoms with Gasteiger partial charge in [-0.15, -0.1) is 0 Å². The minimum absolute atomic E-state index is 0.0311. The molecule has 0 saturated heterocycles. The van der Waals surface area contributed by atoms with Crippen molar-refractivity contribution in [2.24, 2.45) is 0 Å². The van der Waals surface area contributed by atoms with Gasteiger partial charge in [0.15, 0.2) is 29.0 Å². The van der Waals surface area contributed by atoms with Crippen LogP contribution in [0.1, 0.15) is 16.7 Å². The van der Waals surface area contributed by atoms with Crippen molar-refractivity contribution in [2.45, 2.75) is 30.6 Å². The number of ether oxygens (including phenoxy) is 2. The predicted molar refractivity (Wildman–Crippen MR) is 131 cm³/mol. The Morgan fingerprint density at radius 2 is 0.951 bits per heavy atom. The highest BCUT2D eigenvalue weighted by molar-refractivity contribution is 7.91. The Bertz CT molecular complexity index is 1780. The monoisotopic (exact) mass is 602 g/mol. The van der Waals surface area contributed by atoms with Crippen LogP contribution in [-0.2, 0) is 9.84 Å². The Kier molecular flexibility index (Phi) is 7.78. The van der Waals surface area contributed by atoms with E-state index in [0.29, 0.717) is 12.7 Å². The summed E-state index contributed by atoms with van der Waals surface area (Å²) >= 11 is 0. The Labute approximate surface area is 228 Å². The SMILES string of the molecule is COc1c(F)c(F)c(-c2c(F)c(F)c(Oc3ccc(S(=O)(=O)c4ccc(C)c(C)c4)cc3C)c(F)c2F)c(F)c1F. The van der Waals surface area contributed by atoms with E-state index >= 15 is 0 Å². The minimum Gasteiger partial charge on any atom is -0.491 e. The molecule has 0 N–H and O–H groups in total. The molecule has 0 aromatic heterocycles. The van der Waals surface area contributed by atoms with Crippen LogP contribution in [0.3, 0.4) is 0 Å². The van der Waals surface area contributed by atoms with Gasteiger partial charge in [0, 0.05) is 0 Å². The largest absolute Gasteiger partial charge is 0.491 e. The molecule has 4 aromatic carbocycles. The smallest absolute Gasteiger partial charge is 0.206 e. The lowest BCUT2D eigenvalue weighted by atomic mass is 10.0. The van der Waals surface area contributed by atoms with Crippen molar-refractivity contribution in [1.82, 2.24) is 0 Å². The number of benzene rings is 4. The topological polar surface area (TPSA) is 52.6 Å². The van der Waals surface area contributed by atoms with Gasteiger partial charge in [0.1, 0.15) is 5.75 Å². The predicted octanol–water partition coefficient (Wildman–Crippen LogP) is 8.03. The van der Waals surface area contributed by atoms with Crippen LogP contribution in [0.25, 0.3) is 11.1 Å². The maximum Gasteiger partial charge on any atom is 0.206 e. The normalized spacial score (nSPS) is 11.6. The average Bonchev–Trinajstić information content (AvgIpc) is 2.93. The van der Waals surface area contributed by atoms with Crippen molar-refractivity contribution in [3.05, 3.63) is 99.6 Å². The lowest BCUT2D eigenvalue weighted by Gasteiger charge is -2.16. The lowest BCUT2D eigenvalue weighted by Crippen LogP contribution is -2.09. The molecule has 41 heavy (non-hydrogen) atoms. The molecule has 0 spiro atoms. The summed E-state index contributed by atoms with van der Waals surface area (Å²) in [7, 11) is -3.39. The molecule has 0 aliphatic heterocycles. The number of hydrogen-bond donors (Lipinski definition) is 0. The molecule has 0 fully saturated rings. The van der Waals surface area contributed by atoms with Crippen LogP contribution in [-0.4, -0.2) is 15.5 Å². The van der Waals surface area contributed by atoms with Crippen molar-refractivity contribution < 1.29 is 53.0 Å². The van der Waals surface area contributed by atoms with E-state index in [0.717, 1.165) is 23.8 Å². The standard InChI is InChI=1S/C28H18F8O4S/c1-11-5-6-14(9-12(11)2)41(37,38)15-7-8-16(13(3)10-15)40-28-25(35)21(31)18(22(32)26(28)36)17-19(29)23(33)27(39-4)24(34)20(17)30/h5-10H,1-4H3. The number of rotatable bonds is 6. The summed E-state index contributed by atoms with van der Waals surface area (Å²) in [5, 5.41) is 0. The van der Waals surface area contributed by atoms with Gasteiger partial charge in [0.25, 0.3) is 0 Å². The highest BCUT2D eigenvalue weighted by Gasteiger charge is 2.35. The number of sulfone groups is 1. The Morgan fingerprint density at radius 1 is 0.537 bits per heavy atom. The van der Waals surface area contributed by atoms with Gasteiger partial charge in [-0.1, -0.05) is 6.07 Å². The van der Waals surface area contributed by atoms with E-state index in [1.807, 2.05) is 0 Å². The number of aryl methyl sites for hydroxylation is 3. The highest BCUT2D eigenvalue weighted by Crippen LogP contribution is 2.43. The molecule has 13 heteroatoms. The molecular weight excluding hydrogens is 584 g/mol. The summed E-state index contributed by atoms with van der Waals surface area (Å²) in [6.45, 7) is 4.78. The Hall–Kier alpha value is -4.13. The van der Waals surface area contributed by atoms with E-state index in [9.17, 15) is 43.5 Å². The number of methoxy groups -OCH3 is 1. The zero-order chi connectivity index (χ0) is 30.5. The Morgan fingerprint density at radius 3 is 1.37 bits per heavy atom. The molecule has 0 atom stereocenters. The molecule has 0 aliphatic carbocycles. The van der Waals surface area contributed by atoms with Gasteiger partial charge >= 0.3 is 0 Å². The summed E-state index contributed by atoms with van der Waals surface area (Å²) in [6.07, 6.45) is 0. The first-order valence-electron chi connectivity index (χ1n) is 11.5. The molecule has 0 bridgehead atoms. The van der Waals surface area contributed by atoms with Gasteiger partial charge in [-0.05, 0) is 67.8 Å². The van der Waals surface area contributed by atoms with Gasteiger partial charge in [0.2, 0.25) is 38.9 Å². The molecule has 0 amide bonds. The van der Waals surface area contributed by atoms with Crippen molar-refractivity contribution >= 4 is 9.84 Å². The van der Waals surface area contributed by atoms with Crippen molar-refractivity contribution in [3.8, 4) is 28.4 Å². The van der Waals surface area contributed by atoms with E-state index in [-0.39, 0.29) is 15.4 Å². The van der Waals surface area contributed by atoms with E-state index in [1.54, 1.807) is 19.9 Å². The molecule has 4 rings (SSSR count). The fourth-order valence-corrected chi connectivity index (χ4v) is 5.39. The van der Waals surface area contributed by atoms with Crippen molar-refractivity contribution in [3.63, 3.8) is 0 Å². The fourth-order valence-electron chi connectivity index (χ4n) is 3.96. The van der Waals surface area contributed by atoms with Crippen molar-refractivity contribution in [2.75, 3.05) is 7.11 Å². The Balaban J connectivity index is 1.79. The van der Waals surface area contributed by atoms with Gasteiger partial charge < -0.3 is 9.47 Å². The quantitative estimate of drug-likeness (QED) is 0.166. The van der Waals surface area contributed by atoms with E-state index in [1.165, 1.54) is 19.1 Å². The second kappa shape index (κ2) is 10.7. The van der Waals surface area contributed by atoms with Gasteiger partial charge in [-0.25, -0.2) is 26.0 Å². The van der Waals surface area contributed by atoms with Crippen molar-refractivity contribution in [1.29, 1.82) is 0 Å². The van der Waals surface area contributed by atoms with Crippen LogP contribution in [0.15, 0.2) is 46.2 Å². The molecule has 0 radical (unpaired) electrons. The molecule has 0 aliphatic rings. The molecule has 0 heterocycles. The van der Waals surface area contributed by atoms with E-state index in [2.05, 4.69) is 4.74 Å². The van der Waals surface area contributed by atoms with Crippen LogP contribution < -0.4 is 9.47 Å². The lowest BCUT2D eigenvalue weighted by molar-refractivity contribution is 0.332. The van der Waals surface area contributed by atoms with Crippen LogP contribution in [0.5, 0.6) is 17.2 Å². The van der Waals surface area contributed by atoms with E-state index in [4.69, 9.17) is 4.74 Å². The van der Waals surface area contributed by atoms with Gasteiger partial charge in [0.05, 0.1) is 28.0 Å². The second-order valence-corrected chi connectivity index (χ2v) is 10.9. The third-order valence-corrected chi connectivity index (χ3v) is 8.11. The first kappa shape index (κ1) is 29.8. The van der Waals surface area contributed by atoms with E-state index < -0.39 is 84.8 Å². The van der Waals surface area contributed by atoms with Crippen LogP contribution in [0.2, 0.25) is 0 Å². The number of hydrogen-bond acceptors (Lipinski definition) is 4. The summed E-state index contributed by atoms with van der Waals surface area (Å²) in [4.78, 5) is -0.259. The molecular formula is C28H18F8O4S. The molecule has 216 valence electrons. The summed E-state index contributed by atoms with van der Waals surface area (Å²) in [6, 6.07) is 7.54. The third kappa shape index (κ3) is 4.88. The molecule has 4 nitrogen and oxygen atoms in total. The third-order valence-electron chi connectivity index (χ3n) is 6.36. The average molecular weight is 602 g/mol. The maximum atomic E-state index is 14.9. The first-order chi connectivity index (χ1) is 19.1. The summed E-state index contributed by atoms with van der Waals surface area (Å²) < 4.78 is 152. The summed E-state index contributed by atoms with van der Waals surface area (Å²) in [5.41, 5.74) is -2.60. The van der Waals surface area contributed by atoms with Crippen LogP contribution in [0.4, 0.5) is 35.1 Å². The second-order valence-electron chi connectivity index (χ2n) is 8.90. The summed E-state index contributed by atoms with van der Waals surface area (Å²) in [5.74, 6) is -22.3.